The number of aryl methyl sites for hydroxylation is 1. The largest absolute Gasteiger partial charge is 0.375 e. The molecule has 0 saturated carbocycles. The van der Waals surface area contributed by atoms with Crippen molar-refractivity contribution in [3.05, 3.63) is 51.5 Å². The van der Waals surface area contributed by atoms with E-state index < -0.39 is 5.91 Å². The van der Waals surface area contributed by atoms with E-state index in [2.05, 4.69) is 9.97 Å². The van der Waals surface area contributed by atoms with Crippen LogP contribution in [0.5, 0.6) is 0 Å². The third kappa shape index (κ3) is 3.00. The average molecular weight is 330 g/mol. The summed E-state index contributed by atoms with van der Waals surface area (Å²) in [6, 6.07) is 7.31. The summed E-state index contributed by atoms with van der Waals surface area (Å²) in [5.41, 5.74) is 14.4. The monoisotopic (exact) mass is 330 g/mol. The Morgan fingerprint density at radius 3 is 2.82 bits per heavy atom. The fourth-order valence-electron chi connectivity index (χ4n) is 2.16. The van der Waals surface area contributed by atoms with Crippen LogP contribution in [0.15, 0.2) is 29.6 Å². The molecule has 112 valence electrons. The maximum atomic E-state index is 11.2. The van der Waals surface area contributed by atoms with Crippen molar-refractivity contribution in [2.75, 3.05) is 5.73 Å². The van der Waals surface area contributed by atoms with Crippen LogP contribution in [0, 0.1) is 6.92 Å². The number of hydrogen-bond donors (Lipinski definition) is 2. The molecule has 0 bridgehead atoms. The van der Waals surface area contributed by atoms with Crippen LogP contribution in [0.3, 0.4) is 0 Å². The Bertz CT molecular complexity index is 838. The molecule has 0 aliphatic carbocycles. The van der Waals surface area contributed by atoms with Gasteiger partial charge in [-0.3, -0.25) is 4.79 Å². The number of aromatic nitrogens is 2. The van der Waals surface area contributed by atoms with Gasteiger partial charge in [-0.2, -0.15) is 0 Å². The summed E-state index contributed by atoms with van der Waals surface area (Å²) in [6.07, 6.45) is 0.666. The Balaban J connectivity index is 1.84. The first-order valence-corrected chi connectivity index (χ1v) is 8.29. The van der Waals surface area contributed by atoms with Gasteiger partial charge in [-0.05, 0) is 24.6 Å². The molecule has 0 atom stereocenters. The van der Waals surface area contributed by atoms with E-state index in [9.17, 15) is 4.79 Å². The van der Waals surface area contributed by atoms with Crippen LogP contribution in [0.25, 0.3) is 10.6 Å². The van der Waals surface area contributed by atoms with E-state index in [0.717, 1.165) is 26.8 Å². The Morgan fingerprint density at radius 1 is 1.32 bits per heavy atom. The first-order chi connectivity index (χ1) is 10.5. The van der Waals surface area contributed by atoms with Crippen molar-refractivity contribution in [1.29, 1.82) is 0 Å². The number of anilines is 1. The number of primary amides is 1. The van der Waals surface area contributed by atoms with E-state index >= 15 is 0 Å². The van der Waals surface area contributed by atoms with Gasteiger partial charge in [0.25, 0.3) is 0 Å². The van der Waals surface area contributed by atoms with E-state index in [0.29, 0.717) is 17.1 Å². The topological polar surface area (TPSA) is 94.9 Å². The third-order valence-electron chi connectivity index (χ3n) is 3.16. The molecule has 0 radical (unpaired) electrons. The first kappa shape index (κ1) is 14.7. The number of amides is 1. The summed E-state index contributed by atoms with van der Waals surface area (Å²) in [7, 11) is 0. The van der Waals surface area contributed by atoms with Gasteiger partial charge in [0.05, 0.1) is 21.3 Å². The van der Waals surface area contributed by atoms with Gasteiger partial charge in [0, 0.05) is 17.4 Å². The third-order valence-corrected chi connectivity index (χ3v) is 5.02. The van der Waals surface area contributed by atoms with E-state index in [1.165, 1.54) is 11.3 Å². The SMILES string of the molecule is Cc1nc(N)sc1-c1csc(Cc2cccc(C(N)=O)c2)n1. The molecule has 0 saturated heterocycles. The number of thiazole rings is 2. The minimum atomic E-state index is -0.419. The molecule has 2 heterocycles. The van der Waals surface area contributed by atoms with Gasteiger partial charge < -0.3 is 11.5 Å². The molecule has 2 aromatic heterocycles. The highest BCUT2D eigenvalue weighted by atomic mass is 32.1. The first-order valence-electron chi connectivity index (χ1n) is 6.59. The molecule has 3 rings (SSSR count). The van der Waals surface area contributed by atoms with Gasteiger partial charge in [-0.1, -0.05) is 23.5 Å². The van der Waals surface area contributed by atoms with Crippen molar-refractivity contribution in [2.24, 2.45) is 5.73 Å². The van der Waals surface area contributed by atoms with Gasteiger partial charge in [0.2, 0.25) is 5.91 Å². The lowest BCUT2D eigenvalue weighted by atomic mass is 10.1. The highest BCUT2D eigenvalue weighted by Gasteiger charge is 2.12. The number of nitrogens with zero attached hydrogens (tertiary/aromatic N) is 2. The van der Waals surface area contributed by atoms with Crippen molar-refractivity contribution in [3.63, 3.8) is 0 Å². The lowest BCUT2D eigenvalue weighted by molar-refractivity contribution is 0.1000. The van der Waals surface area contributed by atoms with E-state index in [-0.39, 0.29) is 0 Å². The smallest absolute Gasteiger partial charge is 0.248 e. The minimum absolute atomic E-state index is 0.419. The summed E-state index contributed by atoms with van der Waals surface area (Å²) < 4.78 is 0. The Hall–Kier alpha value is -2.25. The fourth-order valence-corrected chi connectivity index (χ4v) is 3.85. The van der Waals surface area contributed by atoms with Crippen LogP contribution in [0.1, 0.15) is 26.6 Å². The van der Waals surface area contributed by atoms with Gasteiger partial charge in [0.1, 0.15) is 0 Å². The minimum Gasteiger partial charge on any atom is -0.375 e. The van der Waals surface area contributed by atoms with E-state index in [1.54, 1.807) is 23.5 Å². The standard InChI is InChI=1S/C15H14N4OS2/c1-8-13(22-15(17)18-8)11-7-21-12(19-11)6-9-3-2-4-10(5-9)14(16)20/h2-5,7H,6H2,1H3,(H2,16,20)(H2,17,18). The molecule has 4 N–H and O–H groups in total. The van der Waals surface area contributed by atoms with Crippen molar-refractivity contribution < 1.29 is 4.79 Å². The van der Waals surface area contributed by atoms with Gasteiger partial charge in [-0.15, -0.1) is 11.3 Å². The van der Waals surface area contributed by atoms with Crippen molar-refractivity contribution in [2.45, 2.75) is 13.3 Å². The quantitative estimate of drug-likeness (QED) is 0.769. The lowest BCUT2D eigenvalue weighted by Gasteiger charge is -2.00. The van der Waals surface area contributed by atoms with Crippen molar-refractivity contribution >= 4 is 33.7 Å². The number of nitrogens with two attached hydrogens (primary N) is 2. The zero-order valence-corrected chi connectivity index (χ0v) is 13.5. The Labute approximate surface area is 135 Å². The second kappa shape index (κ2) is 5.86. The molecule has 0 spiro atoms. The number of nitrogen functional groups attached to an aromatic ring is 1. The van der Waals surface area contributed by atoms with Crippen LogP contribution in [0.2, 0.25) is 0 Å². The molecule has 7 heteroatoms. The molecule has 0 aliphatic rings. The molecule has 0 fully saturated rings. The second-order valence-electron chi connectivity index (χ2n) is 4.83. The van der Waals surface area contributed by atoms with Crippen LogP contribution in [0.4, 0.5) is 5.13 Å². The summed E-state index contributed by atoms with van der Waals surface area (Å²) in [5.74, 6) is -0.419. The number of carbonyl (C=O) groups is 1. The zero-order valence-electron chi connectivity index (χ0n) is 11.9. The maximum absolute atomic E-state index is 11.2. The Kier molecular flexibility index (Phi) is 3.91. The van der Waals surface area contributed by atoms with Gasteiger partial charge >= 0.3 is 0 Å². The predicted molar refractivity (Wildman–Crippen MR) is 90.1 cm³/mol. The van der Waals surface area contributed by atoms with Crippen molar-refractivity contribution in [3.8, 4) is 10.6 Å². The highest BCUT2D eigenvalue weighted by Crippen LogP contribution is 2.32. The summed E-state index contributed by atoms with van der Waals surface area (Å²) >= 11 is 3.03. The van der Waals surface area contributed by atoms with E-state index in [1.807, 2.05) is 24.4 Å². The summed E-state index contributed by atoms with van der Waals surface area (Å²) in [6.45, 7) is 1.93. The maximum Gasteiger partial charge on any atom is 0.248 e. The summed E-state index contributed by atoms with van der Waals surface area (Å²) in [5, 5.41) is 3.53. The number of rotatable bonds is 4. The zero-order chi connectivity index (χ0) is 15.7. The van der Waals surface area contributed by atoms with Gasteiger partial charge in [-0.25, -0.2) is 9.97 Å². The van der Waals surface area contributed by atoms with Crippen LogP contribution in [-0.2, 0) is 6.42 Å². The molecule has 1 aromatic carbocycles. The molecular weight excluding hydrogens is 316 g/mol. The summed E-state index contributed by atoms with van der Waals surface area (Å²) in [4.78, 5) is 21.1. The normalized spacial score (nSPS) is 10.8. The molecule has 22 heavy (non-hydrogen) atoms. The van der Waals surface area contributed by atoms with E-state index in [4.69, 9.17) is 11.5 Å². The van der Waals surface area contributed by atoms with Crippen LogP contribution >= 0.6 is 22.7 Å². The van der Waals surface area contributed by atoms with Crippen LogP contribution in [-0.4, -0.2) is 15.9 Å². The Morgan fingerprint density at radius 2 is 2.14 bits per heavy atom. The highest BCUT2D eigenvalue weighted by molar-refractivity contribution is 7.19. The molecule has 1 amide bonds. The molecular formula is C15H14N4OS2. The van der Waals surface area contributed by atoms with Crippen LogP contribution < -0.4 is 11.5 Å². The number of hydrogen-bond acceptors (Lipinski definition) is 6. The molecule has 0 aliphatic heterocycles. The number of benzene rings is 1. The average Bonchev–Trinajstić information content (AvgIpc) is 3.05. The molecule has 3 aromatic rings. The molecule has 5 nitrogen and oxygen atoms in total. The second-order valence-corrected chi connectivity index (χ2v) is 6.81. The van der Waals surface area contributed by atoms with Crippen molar-refractivity contribution in [1.82, 2.24) is 9.97 Å². The fraction of sp³-hybridized carbons (Fsp3) is 0.133. The van der Waals surface area contributed by atoms with Gasteiger partial charge in [0.15, 0.2) is 5.13 Å². The molecule has 0 unspecified atom stereocenters. The number of carbonyl (C=O) groups excluding carboxylic acids is 1. The predicted octanol–water partition coefficient (Wildman–Crippen LogP) is 2.85. The lowest BCUT2D eigenvalue weighted by Crippen LogP contribution is -2.10.